The third-order valence-electron chi connectivity index (χ3n) is 5.18. The summed E-state index contributed by atoms with van der Waals surface area (Å²) >= 11 is 0. The van der Waals surface area contributed by atoms with E-state index in [4.69, 9.17) is 18.7 Å². The highest BCUT2D eigenvalue weighted by Crippen LogP contribution is 2.40. The molecule has 0 spiro atoms. The van der Waals surface area contributed by atoms with Crippen LogP contribution in [0.3, 0.4) is 0 Å². The van der Waals surface area contributed by atoms with Crippen molar-refractivity contribution in [3.63, 3.8) is 0 Å². The van der Waals surface area contributed by atoms with E-state index < -0.39 is 6.10 Å². The molecule has 2 N–H and O–H groups in total. The van der Waals surface area contributed by atoms with Gasteiger partial charge < -0.3 is 29.2 Å². The van der Waals surface area contributed by atoms with Crippen LogP contribution < -0.4 is 19.5 Å². The largest absolute Gasteiger partial charge is 0.493 e. The normalized spacial score (nSPS) is 13.1. The fourth-order valence-electron chi connectivity index (χ4n) is 3.52. The maximum atomic E-state index is 10.5. The molecule has 0 unspecified atom stereocenters. The van der Waals surface area contributed by atoms with Crippen LogP contribution >= 0.6 is 0 Å². The Labute approximate surface area is 188 Å². The average Bonchev–Trinajstić information content (AvgIpc) is 3.28. The molecule has 3 aromatic rings. The van der Waals surface area contributed by atoms with Crippen molar-refractivity contribution in [2.45, 2.75) is 32.4 Å². The maximum Gasteiger partial charge on any atom is 0.244 e. The van der Waals surface area contributed by atoms with Gasteiger partial charge in [-0.05, 0) is 30.0 Å². The molecule has 0 saturated heterocycles. The van der Waals surface area contributed by atoms with Crippen molar-refractivity contribution in [3.05, 3.63) is 53.9 Å². The quantitative estimate of drug-likeness (QED) is 0.465. The first-order valence-electron chi connectivity index (χ1n) is 10.6. The average molecular weight is 442 g/mol. The van der Waals surface area contributed by atoms with Crippen LogP contribution in [0, 0.1) is 5.92 Å². The van der Waals surface area contributed by atoms with Crippen LogP contribution in [0.5, 0.6) is 17.2 Å². The first kappa shape index (κ1) is 23.6. The molecular formula is C24H31N3O5. The van der Waals surface area contributed by atoms with Gasteiger partial charge in [0.2, 0.25) is 17.5 Å². The number of nitrogens with one attached hydrogen (secondary N) is 1. The lowest BCUT2D eigenvalue weighted by molar-refractivity contribution is 0.158. The van der Waals surface area contributed by atoms with E-state index in [0.717, 1.165) is 5.56 Å². The third kappa shape index (κ3) is 5.57. The Bertz CT molecular complexity index is 965. The van der Waals surface area contributed by atoms with Crippen LogP contribution in [-0.2, 0) is 6.42 Å². The minimum atomic E-state index is -0.531. The number of nitrogens with zero attached hydrogens (tertiary/aromatic N) is 2. The first-order valence-corrected chi connectivity index (χ1v) is 10.6. The molecule has 2 aromatic carbocycles. The molecule has 1 aromatic heterocycles. The van der Waals surface area contributed by atoms with Crippen LogP contribution in [0.25, 0.3) is 11.4 Å². The molecule has 0 aliphatic carbocycles. The Hall–Kier alpha value is -3.10. The number of hydrogen-bond donors (Lipinski definition) is 2. The number of aliphatic hydroxyl groups excluding tert-OH is 1. The number of hydrogen-bond acceptors (Lipinski definition) is 8. The molecular weight excluding hydrogens is 410 g/mol. The molecule has 0 bridgehead atoms. The maximum absolute atomic E-state index is 10.5. The van der Waals surface area contributed by atoms with Gasteiger partial charge in [-0.3, -0.25) is 0 Å². The second-order valence-corrected chi connectivity index (χ2v) is 7.84. The Balaban J connectivity index is 1.75. The van der Waals surface area contributed by atoms with Crippen LogP contribution in [-0.4, -0.2) is 49.2 Å². The summed E-state index contributed by atoms with van der Waals surface area (Å²) in [5.41, 5.74) is 1.77. The summed E-state index contributed by atoms with van der Waals surface area (Å²) in [6, 6.07) is 13.3. The molecule has 0 radical (unpaired) electrons. The molecule has 0 aliphatic heterocycles. The second kappa shape index (κ2) is 11.0. The molecule has 32 heavy (non-hydrogen) atoms. The number of benzene rings is 2. The highest BCUT2D eigenvalue weighted by Gasteiger charge is 2.24. The van der Waals surface area contributed by atoms with Crippen molar-refractivity contribution in [1.82, 2.24) is 15.5 Å². The summed E-state index contributed by atoms with van der Waals surface area (Å²) in [4.78, 5) is 4.60. The summed E-state index contributed by atoms with van der Waals surface area (Å²) in [6.07, 6.45) is 0.0373. The lowest BCUT2D eigenvalue weighted by atomic mass is 10.0. The van der Waals surface area contributed by atoms with E-state index in [1.165, 1.54) is 0 Å². The number of aromatic nitrogens is 2. The zero-order chi connectivity index (χ0) is 23.1. The van der Waals surface area contributed by atoms with E-state index in [-0.39, 0.29) is 12.0 Å². The number of rotatable bonds is 11. The lowest BCUT2D eigenvalue weighted by Gasteiger charge is -2.20. The standard InChI is InChI=1S/C24H31N3O5/c1-15(2)21(25-14-18(28)11-16-9-7-6-8-10-16)24-26-23(27-32-24)17-12-19(29-3)22(31-5)20(13-17)30-4/h6-10,12-13,15,18,21,25,28H,11,14H2,1-5H3/t18-,21+/m1/s1. The van der Waals surface area contributed by atoms with E-state index in [9.17, 15) is 5.11 Å². The number of methoxy groups -OCH3 is 3. The van der Waals surface area contributed by atoms with Gasteiger partial charge in [0.25, 0.3) is 0 Å². The van der Waals surface area contributed by atoms with Crippen LogP contribution in [0.2, 0.25) is 0 Å². The summed E-state index contributed by atoms with van der Waals surface area (Å²) in [7, 11) is 4.67. The van der Waals surface area contributed by atoms with E-state index >= 15 is 0 Å². The fourth-order valence-corrected chi connectivity index (χ4v) is 3.52. The molecule has 2 atom stereocenters. The first-order chi connectivity index (χ1) is 15.5. The van der Waals surface area contributed by atoms with Gasteiger partial charge in [-0.15, -0.1) is 0 Å². The van der Waals surface area contributed by atoms with Crippen LogP contribution in [0.15, 0.2) is 47.0 Å². The fraction of sp³-hybridized carbons (Fsp3) is 0.417. The van der Waals surface area contributed by atoms with Crippen molar-refractivity contribution >= 4 is 0 Å². The van der Waals surface area contributed by atoms with E-state index in [2.05, 4.69) is 29.3 Å². The van der Waals surface area contributed by atoms with Crippen molar-refractivity contribution < 1.29 is 23.8 Å². The summed E-state index contributed by atoms with van der Waals surface area (Å²) < 4.78 is 21.8. The predicted molar refractivity (Wildman–Crippen MR) is 121 cm³/mol. The molecule has 0 aliphatic rings. The van der Waals surface area contributed by atoms with E-state index in [1.807, 2.05) is 30.3 Å². The minimum absolute atomic E-state index is 0.173. The molecule has 172 valence electrons. The van der Waals surface area contributed by atoms with Gasteiger partial charge in [0.15, 0.2) is 11.5 Å². The Kier molecular flexibility index (Phi) is 8.08. The summed E-state index contributed by atoms with van der Waals surface area (Å²) in [5.74, 6) is 2.56. The SMILES string of the molecule is COc1cc(-c2noc([C@@H](NC[C@H](O)Cc3ccccc3)C(C)C)n2)cc(OC)c1OC. The molecule has 8 nitrogen and oxygen atoms in total. The molecule has 0 amide bonds. The van der Waals surface area contributed by atoms with Gasteiger partial charge in [-0.25, -0.2) is 0 Å². The second-order valence-electron chi connectivity index (χ2n) is 7.84. The Morgan fingerprint density at radius 1 is 1.00 bits per heavy atom. The van der Waals surface area contributed by atoms with Gasteiger partial charge in [0, 0.05) is 12.1 Å². The van der Waals surface area contributed by atoms with Gasteiger partial charge >= 0.3 is 0 Å². The van der Waals surface area contributed by atoms with Crippen molar-refractivity contribution in [3.8, 4) is 28.6 Å². The monoisotopic (exact) mass is 441 g/mol. The highest BCUT2D eigenvalue weighted by molar-refractivity contribution is 5.66. The number of aliphatic hydroxyl groups is 1. The van der Waals surface area contributed by atoms with Crippen molar-refractivity contribution in [2.75, 3.05) is 27.9 Å². The zero-order valence-corrected chi connectivity index (χ0v) is 19.2. The molecule has 1 heterocycles. The summed E-state index contributed by atoms with van der Waals surface area (Å²) in [5, 5.41) is 18.0. The molecule has 0 saturated carbocycles. The topological polar surface area (TPSA) is 98.9 Å². The predicted octanol–water partition coefficient (Wildman–Crippen LogP) is 3.65. The van der Waals surface area contributed by atoms with Gasteiger partial charge in [0.05, 0.1) is 33.5 Å². The zero-order valence-electron chi connectivity index (χ0n) is 19.2. The summed E-state index contributed by atoms with van der Waals surface area (Å²) in [6.45, 7) is 4.52. The van der Waals surface area contributed by atoms with Crippen LogP contribution in [0.1, 0.15) is 31.3 Å². The van der Waals surface area contributed by atoms with E-state index in [1.54, 1.807) is 33.5 Å². The van der Waals surface area contributed by atoms with Gasteiger partial charge in [-0.1, -0.05) is 49.3 Å². The van der Waals surface area contributed by atoms with Crippen molar-refractivity contribution in [1.29, 1.82) is 0 Å². The Morgan fingerprint density at radius 3 is 2.22 bits per heavy atom. The van der Waals surface area contributed by atoms with Crippen molar-refractivity contribution in [2.24, 2.45) is 5.92 Å². The molecule has 0 fully saturated rings. The minimum Gasteiger partial charge on any atom is -0.493 e. The smallest absolute Gasteiger partial charge is 0.244 e. The Morgan fingerprint density at radius 2 is 1.66 bits per heavy atom. The van der Waals surface area contributed by atoms with E-state index in [0.29, 0.717) is 47.5 Å². The van der Waals surface area contributed by atoms with Gasteiger partial charge in [-0.2, -0.15) is 4.98 Å². The number of ether oxygens (including phenoxy) is 3. The van der Waals surface area contributed by atoms with Crippen LogP contribution in [0.4, 0.5) is 0 Å². The molecule has 3 rings (SSSR count). The molecule has 8 heteroatoms. The third-order valence-corrected chi connectivity index (χ3v) is 5.18. The highest BCUT2D eigenvalue weighted by atomic mass is 16.5. The lowest BCUT2D eigenvalue weighted by Crippen LogP contribution is -2.34. The van der Waals surface area contributed by atoms with Gasteiger partial charge in [0.1, 0.15) is 0 Å².